The number of hydrogen-bond donors (Lipinski definition) is 2. The van der Waals surface area contributed by atoms with Crippen LogP contribution in [-0.4, -0.2) is 72.8 Å². The van der Waals surface area contributed by atoms with Crippen LogP contribution in [0.2, 0.25) is 0 Å². The van der Waals surface area contributed by atoms with E-state index < -0.39 is 0 Å². The third-order valence-electron chi connectivity index (χ3n) is 5.19. The number of aliphatic hydroxyl groups excluding tert-OH is 1. The molecule has 5 nitrogen and oxygen atoms in total. The van der Waals surface area contributed by atoms with Crippen LogP contribution in [0.4, 0.5) is 0 Å². The molecule has 2 aliphatic heterocycles. The molecule has 2 unspecified atom stereocenters. The first-order chi connectivity index (χ1) is 11.3. The molecule has 5 heteroatoms. The Morgan fingerprint density at radius 1 is 1.22 bits per heavy atom. The number of nitrogens with one attached hydrogen (secondary N) is 1. The van der Waals surface area contributed by atoms with Gasteiger partial charge in [-0.1, -0.05) is 13.3 Å². The zero-order chi connectivity index (χ0) is 16.5. The second-order valence-corrected chi connectivity index (χ2v) is 6.99. The Labute approximate surface area is 142 Å². The van der Waals surface area contributed by atoms with Gasteiger partial charge >= 0.3 is 0 Å². The molecule has 2 aliphatic rings. The first kappa shape index (κ1) is 18.5. The SMILES string of the molecule is CCCC(CCO)CN=C(NCC)N1CCC(N2CCCC2)C1. The third-order valence-corrected chi connectivity index (χ3v) is 5.19. The van der Waals surface area contributed by atoms with Crippen molar-refractivity contribution in [3.8, 4) is 0 Å². The second-order valence-electron chi connectivity index (χ2n) is 6.99. The molecule has 2 saturated heterocycles. The molecule has 134 valence electrons. The average molecular weight is 325 g/mol. The van der Waals surface area contributed by atoms with E-state index >= 15 is 0 Å². The highest BCUT2D eigenvalue weighted by Crippen LogP contribution is 2.20. The molecule has 0 aromatic heterocycles. The summed E-state index contributed by atoms with van der Waals surface area (Å²) in [6, 6.07) is 0.713. The predicted molar refractivity (Wildman–Crippen MR) is 96.9 cm³/mol. The highest BCUT2D eigenvalue weighted by molar-refractivity contribution is 5.80. The van der Waals surface area contributed by atoms with Crippen molar-refractivity contribution in [2.24, 2.45) is 10.9 Å². The van der Waals surface area contributed by atoms with Gasteiger partial charge in [0.25, 0.3) is 0 Å². The maximum absolute atomic E-state index is 9.22. The van der Waals surface area contributed by atoms with Crippen molar-refractivity contribution in [2.75, 3.05) is 45.9 Å². The molecule has 0 aliphatic carbocycles. The van der Waals surface area contributed by atoms with E-state index in [0.717, 1.165) is 51.4 Å². The molecular weight excluding hydrogens is 288 g/mol. The Bertz CT molecular complexity index is 349. The first-order valence-corrected chi connectivity index (χ1v) is 9.66. The molecule has 23 heavy (non-hydrogen) atoms. The summed E-state index contributed by atoms with van der Waals surface area (Å²) in [6.07, 6.45) is 7.18. The Balaban J connectivity index is 1.90. The second kappa shape index (κ2) is 10.1. The van der Waals surface area contributed by atoms with Crippen molar-refractivity contribution in [1.29, 1.82) is 0 Å². The molecule has 0 saturated carbocycles. The van der Waals surface area contributed by atoms with Gasteiger partial charge in [-0.2, -0.15) is 0 Å². The Kier molecular flexibility index (Phi) is 8.17. The summed E-state index contributed by atoms with van der Waals surface area (Å²) in [7, 11) is 0. The Morgan fingerprint density at radius 3 is 2.65 bits per heavy atom. The van der Waals surface area contributed by atoms with Crippen molar-refractivity contribution in [2.45, 2.75) is 58.4 Å². The first-order valence-electron chi connectivity index (χ1n) is 9.66. The fraction of sp³-hybridized carbons (Fsp3) is 0.944. The lowest BCUT2D eigenvalue weighted by Gasteiger charge is -2.26. The highest BCUT2D eigenvalue weighted by Gasteiger charge is 2.30. The number of nitrogens with zero attached hydrogens (tertiary/aromatic N) is 3. The highest BCUT2D eigenvalue weighted by atomic mass is 16.3. The summed E-state index contributed by atoms with van der Waals surface area (Å²) in [5.74, 6) is 1.59. The monoisotopic (exact) mass is 324 g/mol. The fourth-order valence-electron chi connectivity index (χ4n) is 3.90. The smallest absolute Gasteiger partial charge is 0.193 e. The van der Waals surface area contributed by atoms with Crippen molar-refractivity contribution in [1.82, 2.24) is 15.1 Å². The molecule has 0 aromatic carbocycles. The minimum Gasteiger partial charge on any atom is -0.396 e. The Morgan fingerprint density at radius 2 is 2.00 bits per heavy atom. The maximum Gasteiger partial charge on any atom is 0.193 e. The predicted octanol–water partition coefficient (Wildman–Crippen LogP) is 1.92. The summed E-state index contributed by atoms with van der Waals surface area (Å²) < 4.78 is 0. The number of guanidine groups is 1. The minimum absolute atomic E-state index is 0.275. The van der Waals surface area contributed by atoms with E-state index in [9.17, 15) is 5.11 Å². The van der Waals surface area contributed by atoms with Gasteiger partial charge in [-0.05, 0) is 58.0 Å². The van der Waals surface area contributed by atoms with Crippen molar-refractivity contribution in [3.63, 3.8) is 0 Å². The summed E-state index contributed by atoms with van der Waals surface area (Å²) in [4.78, 5) is 10.00. The summed E-state index contributed by atoms with van der Waals surface area (Å²) in [5, 5.41) is 12.7. The van der Waals surface area contributed by atoms with Gasteiger partial charge in [0, 0.05) is 38.8 Å². The summed E-state index contributed by atoms with van der Waals surface area (Å²) in [6.45, 7) is 11.2. The Hall–Kier alpha value is -0.810. The van der Waals surface area contributed by atoms with Gasteiger partial charge in [-0.15, -0.1) is 0 Å². The van der Waals surface area contributed by atoms with E-state index in [1.807, 2.05) is 0 Å². The molecule has 0 radical (unpaired) electrons. The zero-order valence-electron chi connectivity index (χ0n) is 15.1. The molecule has 2 heterocycles. The van der Waals surface area contributed by atoms with Crippen LogP contribution >= 0.6 is 0 Å². The minimum atomic E-state index is 0.275. The standard InChI is InChI=1S/C18H36N4O/c1-3-7-16(9-13-23)14-20-18(19-4-2)22-12-8-17(15-22)21-10-5-6-11-21/h16-17,23H,3-15H2,1-2H3,(H,19,20). The number of aliphatic hydroxyl groups is 1. The average Bonchev–Trinajstić information content (AvgIpc) is 3.22. The van der Waals surface area contributed by atoms with Crippen LogP contribution in [0.1, 0.15) is 52.4 Å². The quantitative estimate of drug-likeness (QED) is 0.529. The van der Waals surface area contributed by atoms with Crippen LogP contribution in [0.25, 0.3) is 0 Å². The molecule has 2 rings (SSSR count). The van der Waals surface area contributed by atoms with Crippen LogP contribution in [0.5, 0.6) is 0 Å². The fourth-order valence-corrected chi connectivity index (χ4v) is 3.90. The van der Waals surface area contributed by atoms with Crippen LogP contribution in [0.3, 0.4) is 0 Å². The van der Waals surface area contributed by atoms with Gasteiger partial charge in [0.15, 0.2) is 5.96 Å². The van der Waals surface area contributed by atoms with Gasteiger partial charge in [0.1, 0.15) is 0 Å². The summed E-state index contributed by atoms with van der Waals surface area (Å²) >= 11 is 0. The van der Waals surface area contributed by atoms with Gasteiger partial charge in [0.05, 0.1) is 0 Å². The van der Waals surface area contributed by atoms with Crippen molar-refractivity contribution < 1.29 is 5.11 Å². The molecule has 2 fully saturated rings. The maximum atomic E-state index is 9.22. The van der Waals surface area contributed by atoms with E-state index in [1.165, 1.54) is 32.4 Å². The van der Waals surface area contributed by atoms with Crippen LogP contribution < -0.4 is 5.32 Å². The third kappa shape index (κ3) is 5.64. The largest absolute Gasteiger partial charge is 0.396 e. The molecular formula is C18H36N4O. The number of aliphatic imine (C=N–C) groups is 1. The molecule has 2 N–H and O–H groups in total. The van der Waals surface area contributed by atoms with E-state index in [2.05, 4.69) is 29.0 Å². The molecule has 2 atom stereocenters. The lowest BCUT2D eigenvalue weighted by molar-refractivity contribution is 0.248. The number of rotatable bonds is 8. The van der Waals surface area contributed by atoms with E-state index in [1.54, 1.807) is 0 Å². The molecule has 0 amide bonds. The molecule has 0 aromatic rings. The topological polar surface area (TPSA) is 51.1 Å². The van der Waals surface area contributed by atoms with Gasteiger partial charge in [-0.3, -0.25) is 9.89 Å². The molecule has 0 spiro atoms. The van der Waals surface area contributed by atoms with Crippen molar-refractivity contribution >= 4 is 5.96 Å². The summed E-state index contributed by atoms with van der Waals surface area (Å²) in [5.41, 5.74) is 0. The number of hydrogen-bond acceptors (Lipinski definition) is 3. The lowest BCUT2D eigenvalue weighted by atomic mass is 10.0. The molecule has 0 bridgehead atoms. The van der Waals surface area contributed by atoms with E-state index in [0.29, 0.717) is 12.0 Å². The van der Waals surface area contributed by atoms with Gasteiger partial charge in [0.2, 0.25) is 0 Å². The van der Waals surface area contributed by atoms with Crippen LogP contribution in [0, 0.1) is 5.92 Å². The zero-order valence-corrected chi connectivity index (χ0v) is 15.1. The van der Waals surface area contributed by atoms with Crippen LogP contribution in [-0.2, 0) is 0 Å². The van der Waals surface area contributed by atoms with E-state index in [-0.39, 0.29) is 6.61 Å². The van der Waals surface area contributed by atoms with Crippen molar-refractivity contribution in [3.05, 3.63) is 0 Å². The lowest BCUT2D eigenvalue weighted by Crippen LogP contribution is -2.43. The van der Waals surface area contributed by atoms with Crippen LogP contribution in [0.15, 0.2) is 4.99 Å². The normalized spacial score (nSPS) is 24.4. The van der Waals surface area contributed by atoms with E-state index in [4.69, 9.17) is 4.99 Å². The van der Waals surface area contributed by atoms with Gasteiger partial charge in [-0.25, -0.2) is 0 Å². The van der Waals surface area contributed by atoms with Gasteiger partial charge < -0.3 is 15.3 Å². The number of likely N-dealkylation sites (tertiary alicyclic amines) is 2.